The van der Waals surface area contributed by atoms with Crippen LogP contribution in [0.4, 0.5) is 0 Å². The number of phenolic OH excluding ortho intramolecular Hbond substituents is 1. The molecule has 2 heterocycles. The van der Waals surface area contributed by atoms with E-state index < -0.39 is 5.60 Å². The molecular formula is C24H27NO5S. The first-order valence-corrected chi connectivity index (χ1v) is 11.2. The minimum absolute atomic E-state index is 0.0212. The Balaban J connectivity index is 1.44. The zero-order valence-electron chi connectivity index (χ0n) is 18.2. The lowest BCUT2D eigenvalue weighted by Gasteiger charge is -2.37. The highest BCUT2D eigenvalue weighted by Gasteiger charge is 2.35. The number of aromatic hydroxyl groups is 2. The lowest BCUT2D eigenvalue weighted by Crippen LogP contribution is -2.42. The molecule has 2 aromatic carbocycles. The Labute approximate surface area is 185 Å². The molecule has 0 fully saturated rings. The Morgan fingerprint density at radius 1 is 1.13 bits per heavy atom. The van der Waals surface area contributed by atoms with Gasteiger partial charge in [-0.2, -0.15) is 0 Å². The van der Waals surface area contributed by atoms with Gasteiger partial charge >= 0.3 is 4.87 Å². The molecule has 1 aliphatic rings. The van der Waals surface area contributed by atoms with E-state index in [-0.39, 0.29) is 10.8 Å². The number of thiazole rings is 1. The number of hydrogen-bond acceptors (Lipinski definition) is 6. The van der Waals surface area contributed by atoms with Gasteiger partial charge in [-0.1, -0.05) is 23.5 Å². The molecular weight excluding hydrogens is 414 g/mol. The number of hydrogen-bond donors (Lipinski definition) is 2. The molecule has 0 amide bonds. The third-order valence-corrected chi connectivity index (χ3v) is 6.91. The zero-order chi connectivity index (χ0) is 22.3. The first kappa shape index (κ1) is 21.3. The minimum Gasteiger partial charge on any atom is -0.507 e. The van der Waals surface area contributed by atoms with E-state index in [1.165, 1.54) is 9.95 Å². The van der Waals surface area contributed by atoms with Crippen LogP contribution in [0.15, 0.2) is 34.4 Å². The molecule has 0 spiro atoms. The van der Waals surface area contributed by atoms with Crippen molar-refractivity contribution in [3.05, 3.63) is 67.1 Å². The minimum atomic E-state index is -0.470. The molecule has 4 rings (SSSR count). The number of benzene rings is 2. The van der Waals surface area contributed by atoms with Gasteiger partial charge in [0.25, 0.3) is 0 Å². The van der Waals surface area contributed by atoms with E-state index in [4.69, 9.17) is 9.47 Å². The van der Waals surface area contributed by atoms with Crippen LogP contribution in [0.2, 0.25) is 0 Å². The summed E-state index contributed by atoms with van der Waals surface area (Å²) in [6, 6.07) is 7.50. The molecule has 0 radical (unpaired) electrons. The average molecular weight is 442 g/mol. The molecule has 7 heteroatoms. The molecule has 164 valence electrons. The van der Waals surface area contributed by atoms with Crippen molar-refractivity contribution >= 4 is 11.3 Å². The molecule has 2 N–H and O–H groups in total. The van der Waals surface area contributed by atoms with Crippen LogP contribution in [0.3, 0.4) is 0 Å². The van der Waals surface area contributed by atoms with E-state index in [1.807, 2.05) is 52.0 Å². The highest BCUT2D eigenvalue weighted by Crippen LogP contribution is 2.43. The molecule has 1 aromatic heterocycles. The first-order chi connectivity index (χ1) is 14.7. The van der Waals surface area contributed by atoms with Crippen LogP contribution in [0.5, 0.6) is 23.1 Å². The third-order valence-electron chi connectivity index (χ3n) is 6.16. The zero-order valence-corrected chi connectivity index (χ0v) is 19.0. The van der Waals surface area contributed by atoms with Crippen molar-refractivity contribution in [3.8, 4) is 23.1 Å². The lowest BCUT2D eigenvalue weighted by molar-refractivity contribution is 0.0166. The molecule has 0 saturated heterocycles. The van der Waals surface area contributed by atoms with Gasteiger partial charge in [-0.05, 0) is 74.9 Å². The maximum Gasteiger partial charge on any atom is 0.310 e. The Morgan fingerprint density at radius 2 is 1.84 bits per heavy atom. The number of fused-ring (bicyclic) bond motifs is 1. The van der Waals surface area contributed by atoms with Crippen LogP contribution in [-0.4, -0.2) is 27.0 Å². The van der Waals surface area contributed by atoms with Crippen molar-refractivity contribution in [3.63, 3.8) is 0 Å². The van der Waals surface area contributed by atoms with E-state index in [0.717, 1.165) is 63.5 Å². The maximum absolute atomic E-state index is 11.8. The van der Waals surface area contributed by atoms with Crippen LogP contribution in [0, 0.1) is 20.8 Å². The monoisotopic (exact) mass is 441 g/mol. The molecule has 31 heavy (non-hydrogen) atoms. The third kappa shape index (κ3) is 4.02. The van der Waals surface area contributed by atoms with E-state index in [0.29, 0.717) is 18.9 Å². The molecule has 3 aromatic rings. The van der Waals surface area contributed by atoms with Crippen LogP contribution >= 0.6 is 11.3 Å². The smallest absolute Gasteiger partial charge is 0.310 e. The van der Waals surface area contributed by atoms with Gasteiger partial charge in [0.05, 0.1) is 11.9 Å². The van der Waals surface area contributed by atoms with Gasteiger partial charge in [-0.15, -0.1) is 0 Å². The second-order valence-corrected chi connectivity index (χ2v) is 9.28. The summed E-state index contributed by atoms with van der Waals surface area (Å²) >= 11 is 0.980. The largest absolute Gasteiger partial charge is 0.507 e. The predicted molar refractivity (Wildman–Crippen MR) is 121 cm³/mol. The Morgan fingerprint density at radius 3 is 2.48 bits per heavy atom. The number of ether oxygens (including phenoxy) is 2. The van der Waals surface area contributed by atoms with Gasteiger partial charge in [0, 0.05) is 5.56 Å². The van der Waals surface area contributed by atoms with Crippen LogP contribution < -0.4 is 14.3 Å². The summed E-state index contributed by atoms with van der Waals surface area (Å²) in [6.07, 6.45) is 1.62. The fourth-order valence-corrected chi connectivity index (χ4v) is 4.59. The van der Waals surface area contributed by atoms with Gasteiger partial charge in [0.1, 0.15) is 29.5 Å². The van der Waals surface area contributed by atoms with Gasteiger partial charge in [0.2, 0.25) is 5.88 Å². The maximum atomic E-state index is 11.8. The van der Waals surface area contributed by atoms with Crippen molar-refractivity contribution in [1.29, 1.82) is 0 Å². The van der Waals surface area contributed by atoms with Crippen molar-refractivity contribution in [2.45, 2.75) is 52.7 Å². The summed E-state index contributed by atoms with van der Waals surface area (Å²) in [5, 5.41) is 21.5. The normalized spacial score (nSPS) is 17.8. The number of phenols is 1. The van der Waals surface area contributed by atoms with Gasteiger partial charge in [-0.3, -0.25) is 9.36 Å². The average Bonchev–Trinajstić information content (AvgIpc) is 3.08. The van der Waals surface area contributed by atoms with Crippen LogP contribution in [0.25, 0.3) is 0 Å². The van der Waals surface area contributed by atoms with E-state index in [2.05, 4.69) is 0 Å². The second-order valence-electron chi connectivity index (χ2n) is 8.46. The summed E-state index contributed by atoms with van der Waals surface area (Å²) in [5.41, 5.74) is 4.23. The van der Waals surface area contributed by atoms with Gasteiger partial charge in [0.15, 0.2) is 0 Å². The van der Waals surface area contributed by atoms with E-state index in [1.54, 1.807) is 0 Å². The summed E-state index contributed by atoms with van der Waals surface area (Å²) in [6.45, 7) is 8.60. The highest BCUT2D eigenvalue weighted by atomic mass is 32.1. The number of aromatic nitrogens is 1. The van der Waals surface area contributed by atoms with Gasteiger partial charge in [-0.25, -0.2) is 0 Å². The number of rotatable bonds is 5. The molecule has 1 unspecified atom stereocenters. The first-order valence-electron chi connectivity index (χ1n) is 10.3. The molecule has 1 aliphatic heterocycles. The molecule has 0 bridgehead atoms. The van der Waals surface area contributed by atoms with Crippen LogP contribution in [0.1, 0.15) is 41.2 Å². The van der Waals surface area contributed by atoms with Crippen LogP contribution in [-0.2, 0) is 13.0 Å². The van der Waals surface area contributed by atoms with Crippen molar-refractivity contribution in [1.82, 2.24) is 4.57 Å². The standard InChI is InChI=1S/C24H27NO5S/c1-14-15(2)22-19(16(3)21(14)27)9-10-24(4,30-22)13-29-18-7-5-17(6-8-18)11-25-20(26)12-31-23(25)28/h5-8,12,26-27H,9-11,13H2,1-4H3. The molecule has 0 saturated carbocycles. The SMILES string of the molecule is Cc1c(C)c2c(c(C)c1O)CCC(C)(COc1ccc(Cn3c(O)csc3=O)cc1)O2. The summed E-state index contributed by atoms with van der Waals surface area (Å²) in [7, 11) is 0. The van der Waals surface area contributed by atoms with Gasteiger partial charge < -0.3 is 19.7 Å². The summed E-state index contributed by atoms with van der Waals surface area (Å²) in [5.74, 6) is 1.92. The van der Waals surface area contributed by atoms with Crippen molar-refractivity contribution in [2.24, 2.45) is 0 Å². The second kappa shape index (κ2) is 7.96. The predicted octanol–water partition coefficient (Wildman–Crippen LogP) is 4.46. The van der Waals surface area contributed by atoms with Crippen molar-refractivity contribution < 1.29 is 19.7 Å². The fraction of sp³-hybridized carbons (Fsp3) is 0.375. The van der Waals surface area contributed by atoms with E-state index >= 15 is 0 Å². The quantitative estimate of drug-likeness (QED) is 0.611. The molecule has 6 nitrogen and oxygen atoms in total. The number of nitrogens with zero attached hydrogens (tertiary/aromatic N) is 1. The summed E-state index contributed by atoms with van der Waals surface area (Å²) < 4.78 is 13.8. The Bertz CT molecular complexity index is 1180. The van der Waals surface area contributed by atoms with Crippen molar-refractivity contribution in [2.75, 3.05) is 6.61 Å². The summed E-state index contributed by atoms with van der Waals surface area (Å²) in [4.78, 5) is 11.6. The Hall–Kier alpha value is -2.93. The highest BCUT2D eigenvalue weighted by molar-refractivity contribution is 7.07. The molecule has 0 aliphatic carbocycles. The topological polar surface area (TPSA) is 80.9 Å². The molecule has 1 atom stereocenters. The Kier molecular flexibility index (Phi) is 5.47. The fourth-order valence-electron chi connectivity index (χ4n) is 3.98. The lowest BCUT2D eigenvalue weighted by atomic mass is 9.87. The van der Waals surface area contributed by atoms with E-state index in [9.17, 15) is 15.0 Å².